The van der Waals surface area contributed by atoms with Crippen LogP contribution in [0.2, 0.25) is 0 Å². The molecule has 0 aromatic heterocycles. The predicted octanol–water partition coefficient (Wildman–Crippen LogP) is 3.12. The summed E-state index contributed by atoms with van der Waals surface area (Å²) >= 11 is 17.3. The fourth-order valence-electron chi connectivity index (χ4n) is 6.17. The summed E-state index contributed by atoms with van der Waals surface area (Å²) in [5.74, 6) is -4.18. The van der Waals surface area contributed by atoms with Crippen molar-refractivity contribution in [2.45, 2.75) is 35.4 Å². The van der Waals surface area contributed by atoms with E-state index in [1.807, 2.05) is 6.08 Å². The Bertz CT molecular complexity index is 1120. The SMILES string of the molecule is CCN1C(=O)[C@H]2[C@H](CC=C3[C@H]2C[C@@]2(Cl)C(=O)N(CBr)C(=O)[C@@]2(Cl)[C@H]3c2ccc(O)cc2)C1=O. The van der Waals surface area contributed by atoms with Crippen molar-refractivity contribution in [1.29, 1.82) is 0 Å². The van der Waals surface area contributed by atoms with Crippen LogP contribution in [0.3, 0.4) is 0 Å². The molecule has 1 aromatic carbocycles. The van der Waals surface area contributed by atoms with E-state index in [2.05, 4.69) is 15.9 Å². The lowest BCUT2D eigenvalue weighted by molar-refractivity contribution is -0.141. The molecular weight excluding hydrogens is 535 g/mol. The molecule has 4 aliphatic rings. The van der Waals surface area contributed by atoms with Crippen LogP contribution < -0.4 is 0 Å². The molecule has 6 atom stereocenters. The number of alkyl halides is 3. The summed E-state index contributed by atoms with van der Waals surface area (Å²) in [5, 5.41) is 9.81. The zero-order valence-electron chi connectivity index (χ0n) is 17.6. The highest BCUT2D eigenvalue weighted by molar-refractivity contribution is 9.09. The first kappa shape index (κ1) is 22.9. The Kier molecular flexibility index (Phi) is 5.23. The van der Waals surface area contributed by atoms with Crippen molar-refractivity contribution < 1.29 is 24.3 Å². The average molecular weight is 556 g/mol. The van der Waals surface area contributed by atoms with Gasteiger partial charge in [0.25, 0.3) is 11.8 Å². The highest BCUT2D eigenvalue weighted by Gasteiger charge is 2.76. The minimum atomic E-state index is -1.82. The molecule has 4 amide bonds. The summed E-state index contributed by atoms with van der Waals surface area (Å²) in [7, 11) is 0. The van der Waals surface area contributed by atoms with Crippen molar-refractivity contribution >= 4 is 62.8 Å². The summed E-state index contributed by atoms with van der Waals surface area (Å²) < 4.78 is 0. The Morgan fingerprint density at radius 3 is 2.30 bits per heavy atom. The van der Waals surface area contributed by atoms with E-state index in [0.29, 0.717) is 12.0 Å². The second-order valence-electron chi connectivity index (χ2n) is 9.00. The predicted molar refractivity (Wildman–Crippen MR) is 124 cm³/mol. The van der Waals surface area contributed by atoms with E-state index in [1.54, 1.807) is 19.1 Å². The molecule has 0 spiro atoms. The fourth-order valence-corrected chi connectivity index (χ4v) is 7.60. The number of nitrogens with zero attached hydrogens (tertiary/aromatic N) is 2. The lowest BCUT2D eigenvalue weighted by atomic mass is 9.56. The number of hydrogen-bond acceptors (Lipinski definition) is 5. The number of benzene rings is 1. The summed E-state index contributed by atoms with van der Waals surface area (Å²) in [6.07, 6.45) is 2.21. The number of aromatic hydroxyl groups is 1. The van der Waals surface area contributed by atoms with E-state index in [1.165, 1.54) is 17.0 Å². The third-order valence-corrected chi connectivity index (χ3v) is 9.56. The van der Waals surface area contributed by atoms with E-state index in [9.17, 15) is 24.3 Å². The summed E-state index contributed by atoms with van der Waals surface area (Å²) in [6.45, 7) is 2.02. The number of likely N-dealkylation sites (tertiary alicyclic amines) is 2. The first-order valence-electron chi connectivity index (χ1n) is 10.8. The van der Waals surface area contributed by atoms with Gasteiger partial charge in [0.1, 0.15) is 5.75 Å². The number of fused-ring (bicyclic) bond motifs is 4. The summed E-state index contributed by atoms with van der Waals surface area (Å²) in [6, 6.07) is 6.25. The Morgan fingerprint density at radius 1 is 1.03 bits per heavy atom. The third kappa shape index (κ3) is 2.74. The maximum Gasteiger partial charge on any atom is 0.254 e. The fraction of sp³-hybridized carbons (Fsp3) is 0.478. The number of allylic oxidation sites excluding steroid dienone is 2. The van der Waals surface area contributed by atoms with Crippen LogP contribution in [0, 0.1) is 17.8 Å². The molecule has 0 unspecified atom stereocenters. The zero-order chi connectivity index (χ0) is 23.9. The van der Waals surface area contributed by atoms with Gasteiger partial charge in [-0.25, -0.2) is 0 Å². The molecular formula is C23H21BrCl2N2O5. The van der Waals surface area contributed by atoms with E-state index in [-0.39, 0.29) is 36.0 Å². The lowest BCUT2D eigenvalue weighted by Gasteiger charge is -2.50. The van der Waals surface area contributed by atoms with Gasteiger partial charge < -0.3 is 5.11 Å². The minimum Gasteiger partial charge on any atom is -0.508 e. The van der Waals surface area contributed by atoms with E-state index < -0.39 is 45.2 Å². The monoisotopic (exact) mass is 554 g/mol. The first-order chi connectivity index (χ1) is 15.6. The van der Waals surface area contributed by atoms with E-state index in [0.717, 1.165) is 10.5 Å². The van der Waals surface area contributed by atoms with Crippen LogP contribution in [0.1, 0.15) is 31.2 Å². The largest absolute Gasteiger partial charge is 0.508 e. The van der Waals surface area contributed by atoms with Crippen molar-refractivity contribution in [3.8, 4) is 5.75 Å². The molecule has 0 radical (unpaired) electrons. The quantitative estimate of drug-likeness (QED) is 0.267. The van der Waals surface area contributed by atoms with Crippen LogP contribution in [0.4, 0.5) is 0 Å². The summed E-state index contributed by atoms with van der Waals surface area (Å²) in [4.78, 5) is 51.7. The van der Waals surface area contributed by atoms with Crippen LogP contribution in [0.15, 0.2) is 35.9 Å². The Hall–Kier alpha value is -1.90. The molecule has 1 aromatic rings. The molecule has 174 valence electrons. The zero-order valence-corrected chi connectivity index (χ0v) is 20.7. The number of carbonyl (C=O) groups excluding carboxylic acids is 4. The molecule has 2 saturated heterocycles. The molecule has 2 heterocycles. The molecule has 5 rings (SSSR count). The molecule has 33 heavy (non-hydrogen) atoms. The van der Waals surface area contributed by atoms with Crippen LogP contribution in [0.25, 0.3) is 0 Å². The van der Waals surface area contributed by atoms with Crippen molar-refractivity contribution in [2.24, 2.45) is 17.8 Å². The summed E-state index contributed by atoms with van der Waals surface area (Å²) in [5.41, 5.74) is 1.28. The molecule has 2 aliphatic heterocycles. The van der Waals surface area contributed by atoms with Gasteiger partial charge in [0.2, 0.25) is 11.8 Å². The molecule has 7 nitrogen and oxygen atoms in total. The molecule has 1 saturated carbocycles. The average Bonchev–Trinajstić information content (AvgIpc) is 3.12. The van der Waals surface area contributed by atoms with Crippen molar-refractivity contribution in [1.82, 2.24) is 9.80 Å². The second-order valence-corrected chi connectivity index (χ2v) is 10.7. The molecule has 1 N–H and O–H groups in total. The van der Waals surface area contributed by atoms with Crippen LogP contribution in [-0.4, -0.2) is 60.3 Å². The third-order valence-electron chi connectivity index (χ3n) is 7.65. The number of imide groups is 2. The lowest BCUT2D eigenvalue weighted by Crippen LogP contribution is -2.60. The van der Waals surface area contributed by atoms with Gasteiger partial charge in [-0.05, 0) is 43.4 Å². The topological polar surface area (TPSA) is 95.0 Å². The van der Waals surface area contributed by atoms with Gasteiger partial charge >= 0.3 is 0 Å². The van der Waals surface area contributed by atoms with Crippen LogP contribution in [-0.2, 0) is 19.2 Å². The number of phenols is 1. The van der Waals surface area contributed by atoms with Crippen molar-refractivity contribution in [2.75, 3.05) is 12.0 Å². The highest BCUT2D eigenvalue weighted by Crippen LogP contribution is 2.65. The smallest absolute Gasteiger partial charge is 0.254 e. The van der Waals surface area contributed by atoms with Gasteiger partial charge in [-0.2, -0.15) is 0 Å². The van der Waals surface area contributed by atoms with Gasteiger partial charge in [0.05, 0.1) is 17.3 Å². The normalized spacial score (nSPS) is 37.8. The number of rotatable bonds is 3. The number of carbonyl (C=O) groups is 4. The molecule has 2 aliphatic carbocycles. The van der Waals surface area contributed by atoms with E-state index >= 15 is 0 Å². The van der Waals surface area contributed by atoms with E-state index in [4.69, 9.17) is 23.2 Å². The van der Waals surface area contributed by atoms with Gasteiger partial charge in [-0.1, -0.05) is 39.7 Å². The van der Waals surface area contributed by atoms with Gasteiger partial charge in [-0.15, -0.1) is 23.2 Å². The van der Waals surface area contributed by atoms with Crippen LogP contribution in [0.5, 0.6) is 5.75 Å². The van der Waals surface area contributed by atoms with Crippen molar-refractivity contribution in [3.05, 3.63) is 41.5 Å². The minimum absolute atomic E-state index is 0.0235. The standard InChI is InChI=1S/C23H21BrCl2N2O5/c1-2-27-18(30)14-8-7-13-15(16(14)19(27)31)9-22(25)20(32)28(10-24)21(33)23(22,26)17(13)11-3-5-12(29)6-4-11/h3-7,14-17,29H,2,8-10H2,1H3/t14-,15+,16-,17-,22+,23-/m0/s1. The Balaban J connectivity index is 1.73. The van der Waals surface area contributed by atoms with Gasteiger partial charge in [0, 0.05) is 12.5 Å². The maximum absolute atomic E-state index is 13.5. The molecule has 10 heteroatoms. The number of hydrogen-bond donors (Lipinski definition) is 1. The van der Waals surface area contributed by atoms with Gasteiger partial charge in [0.15, 0.2) is 9.75 Å². The Morgan fingerprint density at radius 2 is 1.70 bits per heavy atom. The molecule has 0 bridgehead atoms. The number of amides is 4. The number of phenolic OH excluding ortho intramolecular Hbond substituents is 1. The Labute approximate surface area is 208 Å². The highest BCUT2D eigenvalue weighted by atomic mass is 79.9. The van der Waals surface area contributed by atoms with Crippen LogP contribution >= 0.6 is 39.1 Å². The molecule has 3 fully saturated rings. The van der Waals surface area contributed by atoms with Crippen molar-refractivity contribution in [3.63, 3.8) is 0 Å². The first-order valence-corrected chi connectivity index (χ1v) is 12.6. The second kappa shape index (κ2) is 7.55. The van der Waals surface area contributed by atoms with Gasteiger partial charge in [-0.3, -0.25) is 29.0 Å². The number of halogens is 3. The maximum atomic E-state index is 13.5.